The number of benzene rings is 2. The smallest absolute Gasteiger partial charge is 0.408 e. The van der Waals surface area contributed by atoms with E-state index in [4.69, 9.17) is 9.47 Å². The van der Waals surface area contributed by atoms with Gasteiger partial charge < -0.3 is 25.4 Å². The van der Waals surface area contributed by atoms with Gasteiger partial charge in [0.1, 0.15) is 17.9 Å². The molecule has 0 saturated heterocycles. The van der Waals surface area contributed by atoms with Gasteiger partial charge in [0.2, 0.25) is 5.91 Å². The molecule has 172 valence electrons. The fourth-order valence-corrected chi connectivity index (χ4v) is 2.64. The minimum absolute atomic E-state index is 0.111. The first-order valence-corrected chi connectivity index (χ1v) is 10.3. The Hall–Kier alpha value is -3.55. The number of alkyl carbamates (subject to hydrolysis) is 1. The zero-order valence-electron chi connectivity index (χ0n) is 19.2. The largest absolute Gasteiger partial charge is 0.484 e. The average Bonchev–Trinajstić information content (AvgIpc) is 2.70. The average molecular weight is 442 g/mol. The SMILES string of the molecule is Cc1ccc(OCC(=O)Nc2cccc(CNC(=O)CNC(=O)OC(C)(C)C)c2)cc1C. The molecular formula is C24H31N3O5. The van der Waals surface area contributed by atoms with Gasteiger partial charge in [-0.25, -0.2) is 4.79 Å². The number of carbonyl (C=O) groups is 3. The number of aryl methyl sites for hydroxylation is 2. The van der Waals surface area contributed by atoms with Crippen LogP contribution in [0.25, 0.3) is 0 Å². The van der Waals surface area contributed by atoms with Crippen LogP contribution < -0.4 is 20.7 Å². The van der Waals surface area contributed by atoms with E-state index in [1.807, 2.05) is 38.1 Å². The molecular weight excluding hydrogens is 410 g/mol. The molecule has 0 saturated carbocycles. The number of ether oxygens (including phenoxy) is 2. The standard InChI is InChI=1S/C24H31N3O5/c1-16-9-10-20(11-17(16)2)31-15-22(29)27-19-8-6-7-18(12-19)13-25-21(28)14-26-23(30)32-24(3,4)5/h6-12H,13-15H2,1-5H3,(H,25,28)(H,26,30)(H,27,29). The van der Waals surface area contributed by atoms with Crippen LogP contribution >= 0.6 is 0 Å². The first kappa shape index (κ1) is 24.7. The predicted octanol–water partition coefficient (Wildman–Crippen LogP) is 3.46. The van der Waals surface area contributed by atoms with E-state index >= 15 is 0 Å². The fraction of sp³-hybridized carbons (Fsp3) is 0.375. The first-order valence-electron chi connectivity index (χ1n) is 10.3. The van der Waals surface area contributed by atoms with Gasteiger partial charge in [-0.2, -0.15) is 0 Å². The highest BCUT2D eigenvalue weighted by Gasteiger charge is 2.16. The molecule has 32 heavy (non-hydrogen) atoms. The normalized spacial score (nSPS) is 10.8. The quantitative estimate of drug-likeness (QED) is 0.582. The predicted molar refractivity (Wildman–Crippen MR) is 123 cm³/mol. The zero-order chi connectivity index (χ0) is 23.7. The van der Waals surface area contributed by atoms with Gasteiger partial charge in [-0.3, -0.25) is 9.59 Å². The number of anilines is 1. The van der Waals surface area contributed by atoms with Crippen molar-refractivity contribution in [3.05, 3.63) is 59.2 Å². The third-order valence-electron chi connectivity index (χ3n) is 4.34. The first-order chi connectivity index (χ1) is 15.0. The van der Waals surface area contributed by atoms with Crippen LogP contribution in [0.15, 0.2) is 42.5 Å². The summed E-state index contributed by atoms with van der Waals surface area (Å²) in [4.78, 5) is 35.7. The Labute approximate surface area is 188 Å². The topological polar surface area (TPSA) is 106 Å². The van der Waals surface area contributed by atoms with Crippen molar-refractivity contribution in [2.24, 2.45) is 0 Å². The summed E-state index contributed by atoms with van der Waals surface area (Å²) in [7, 11) is 0. The van der Waals surface area contributed by atoms with E-state index < -0.39 is 11.7 Å². The highest BCUT2D eigenvalue weighted by atomic mass is 16.6. The summed E-state index contributed by atoms with van der Waals surface area (Å²) in [5, 5.41) is 7.89. The Morgan fingerprint density at radius 2 is 1.66 bits per heavy atom. The third-order valence-corrected chi connectivity index (χ3v) is 4.34. The monoisotopic (exact) mass is 441 g/mol. The van der Waals surface area contributed by atoms with Crippen molar-refractivity contribution >= 4 is 23.6 Å². The third kappa shape index (κ3) is 9.07. The van der Waals surface area contributed by atoms with Gasteiger partial charge in [-0.05, 0) is 75.6 Å². The van der Waals surface area contributed by atoms with Crippen molar-refractivity contribution < 1.29 is 23.9 Å². The van der Waals surface area contributed by atoms with Crippen LogP contribution in [0, 0.1) is 13.8 Å². The van der Waals surface area contributed by atoms with Crippen molar-refractivity contribution in [3.63, 3.8) is 0 Å². The number of nitrogens with one attached hydrogen (secondary N) is 3. The number of hydrogen-bond donors (Lipinski definition) is 3. The molecule has 0 bridgehead atoms. The molecule has 0 aliphatic rings. The molecule has 8 heteroatoms. The van der Waals surface area contributed by atoms with Crippen LogP contribution in [0.1, 0.15) is 37.5 Å². The Morgan fingerprint density at radius 1 is 0.906 bits per heavy atom. The Morgan fingerprint density at radius 3 is 2.34 bits per heavy atom. The highest BCUT2D eigenvalue weighted by molar-refractivity contribution is 5.92. The second-order valence-electron chi connectivity index (χ2n) is 8.42. The number of amides is 3. The molecule has 0 atom stereocenters. The van der Waals surface area contributed by atoms with Gasteiger partial charge >= 0.3 is 6.09 Å². The van der Waals surface area contributed by atoms with E-state index in [1.54, 1.807) is 39.0 Å². The number of carbonyl (C=O) groups excluding carboxylic acids is 3. The van der Waals surface area contributed by atoms with E-state index in [-0.39, 0.29) is 31.5 Å². The van der Waals surface area contributed by atoms with Gasteiger partial charge in [0.25, 0.3) is 5.91 Å². The molecule has 3 amide bonds. The van der Waals surface area contributed by atoms with Crippen molar-refractivity contribution in [2.75, 3.05) is 18.5 Å². The minimum atomic E-state index is -0.652. The summed E-state index contributed by atoms with van der Waals surface area (Å²) in [5.74, 6) is -0.00207. The van der Waals surface area contributed by atoms with E-state index in [0.717, 1.165) is 16.7 Å². The maximum absolute atomic E-state index is 12.2. The number of rotatable bonds is 8. The molecule has 2 aromatic rings. The highest BCUT2D eigenvalue weighted by Crippen LogP contribution is 2.16. The Kier molecular flexibility index (Phi) is 8.63. The molecule has 0 aliphatic heterocycles. The molecule has 0 radical (unpaired) electrons. The van der Waals surface area contributed by atoms with Crippen LogP contribution in [-0.4, -0.2) is 36.7 Å². The molecule has 0 spiro atoms. The number of hydrogen-bond acceptors (Lipinski definition) is 5. The van der Waals surface area contributed by atoms with Crippen LogP contribution in [-0.2, 0) is 20.9 Å². The maximum Gasteiger partial charge on any atom is 0.408 e. The lowest BCUT2D eigenvalue weighted by atomic mass is 10.1. The molecule has 0 unspecified atom stereocenters. The molecule has 2 rings (SSSR count). The molecule has 2 aromatic carbocycles. The summed E-state index contributed by atoms with van der Waals surface area (Å²) >= 11 is 0. The second-order valence-corrected chi connectivity index (χ2v) is 8.42. The van der Waals surface area contributed by atoms with Gasteiger partial charge in [-0.15, -0.1) is 0 Å². The van der Waals surface area contributed by atoms with E-state index in [2.05, 4.69) is 16.0 Å². The lowest BCUT2D eigenvalue weighted by Crippen LogP contribution is -2.39. The van der Waals surface area contributed by atoms with Gasteiger partial charge in [0, 0.05) is 12.2 Å². The van der Waals surface area contributed by atoms with E-state index in [1.165, 1.54) is 0 Å². The molecule has 0 aromatic heterocycles. The van der Waals surface area contributed by atoms with Crippen LogP contribution in [0.2, 0.25) is 0 Å². The van der Waals surface area contributed by atoms with Gasteiger partial charge in [0.05, 0.1) is 0 Å². The van der Waals surface area contributed by atoms with Gasteiger partial charge in [-0.1, -0.05) is 18.2 Å². The van der Waals surface area contributed by atoms with Crippen molar-refractivity contribution in [3.8, 4) is 5.75 Å². The molecule has 0 fully saturated rings. The Bertz CT molecular complexity index is 966. The minimum Gasteiger partial charge on any atom is -0.484 e. The van der Waals surface area contributed by atoms with E-state index in [0.29, 0.717) is 11.4 Å². The van der Waals surface area contributed by atoms with Crippen molar-refractivity contribution in [2.45, 2.75) is 46.8 Å². The lowest BCUT2D eigenvalue weighted by molar-refractivity contribution is -0.120. The summed E-state index contributed by atoms with van der Waals surface area (Å²) in [6.45, 7) is 9.17. The van der Waals surface area contributed by atoms with Crippen LogP contribution in [0.3, 0.4) is 0 Å². The van der Waals surface area contributed by atoms with E-state index in [9.17, 15) is 14.4 Å². The zero-order valence-corrected chi connectivity index (χ0v) is 19.2. The van der Waals surface area contributed by atoms with Crippen LogP contribution in [0.4, 0.5) is 10.5 Å². The second kappa shape index (κ2) is 11.2. The summed E-state index contributed by atoms with van der Waals surface area (Å²) in [6.07, 6.45) is -0.652. The molecule has 0 aliphatic carbocycles. The summed E-state index contributed by atoms with van der Waals surface area (Å²) < 4.78 is 10.6. The Balaban J connectivity index is 1.77. The maximum atomic E-state index is 12.2. The van der Waals surface area contributed by atoms with Gasteiger partial charge in [0.15, 0.2) is 6.61 Å². The summed E-state index contributed by atoms with van der Waals surface area (Å²) in [5.41, 5.74) is 3.02. The lowest BCUT2D eigenvalue weighted by Gasteiger charge is -2.19. The van der Waals surface area contributed by atoms with Crippen molar-refractivity contribution in [1.82, 2.24) is 10.6 Å². The summed E-state index contributed by atoms with van der Waals surface area (Å²) in [6, 6.07) is 12.8. The van der Waals surface area contributed by atoms with Crippen molar-refractivity contribution in [1.29, 1.82) is 0 Å². The molecule has 8 nitrogen and oxygen atoms in total. The van der Waals surface area contributed by atoms with Crippen LogP contribution in [0.5, 0.6) is 5.75 Å². The molecule has 0 heterocycles. The fourth-order valence-electron chi connectivity index (χ4n) is 2.64. The molecule has 3 N–H and O–H groups in total.